The van der Waals surface area contributed by atoms with E-state index in [4.69, 9.17) is 4.74 Å². The van der Waals surface area contributed by atoms with Crippen LogP contribution in [0.5, 0.6) is 5.75 Å². The minimum absolute atomic E-state index is 0.0516. The van der Waals surface area contributed by atoms with Gasteiger partial charge in [-0.05, 0) is 30.5 Å². The van der Waals surface area contributed by atoms with Crippen LogP contribution in [0, 0.1) is 23.0 Å². The molecule has 7 heteroatoms. The Hall–Kier alpha value is -3.48. The summed E-state index contributed by atoms with van der Waals surface area (Å²) in [5.41, 5.74) is 0.840. The molecule has 150 valence electrons. The number of carbonyl (C=O) groups excluding carboxylic acids is 2. The number of nitro benzene ring substituents is 1. The van der Waals surface area contributed by atoms with Crippen LogP contribution < -0.4 is 4.74 Å². The molecule has 0 amide bonds. The molecule has 0 atom stereocenters. The number of carbonyl (C=O) groups is 2. The van der Waals surface area contributed by atoms with Gasteiger partial charge in [0.05, 0.1) is 10.5 Å². The fraction of sp³-hybridized carbons (Fsp3) is 0.273. The highest BCUT2D eigenvalue weighted by molar-refractivity contribution is 6.26. The number of rotatable bonds is 5. The number of aliphatic hydroxyl groups is 1. The van der Waals surface area contributed by atoms with E-state index in [0.717, 1.165) is 11.1 Å². The van der Waals surface area contributed by atoms with Crippen molar-refractivity contribution in [2.24, 2.45) is 5.92 Å². The first-order valence-electron chi connectivity index (χ1n) is 9.23. The Balaban J connectivity index is 1.99. The van der Waals surface area contributed by atoms with Crippen molar-refractivity contribution >= 4 is 23.0 Å². The van der Waals surface area contributed by atoms with Gasteiger partial charge in [-0.2, -0.15) is 0 Å². The van der Waals surface area contributed by atoms with E-state index in [2.05, 4.69) is 0 Å². The maximum atomic E-state index is 12.3. The second-order valence-electron chi connectivity index (χ2n) is 7.27. The summed E-state index contributed by atoms with van der Waals surface area (Å²) >= 11 is 0. The molecule has 1 aliphatic carbocycles. The smallest absolute Gasteiger partial charge is 0.321 e. The number of aliphatic hydroxyl groups excluding tert-OH is 1. The number of ether oxygens (including phenoxy) is 1. The van der Waals surface area contributed by atoms with Crippen molar-refractivity contribution in [2.75, 3.05) is 0 Å². The van der Waals surface area contributed by atoms with Crippen LogP contribution >= 0.6 is 0 Å². The van der Waals surface area contributed by atoms with Crippen LogP contribution in [0.4, 0.5) is 5.69 Å². The van der Waals surface area contributed by atoms with Crippen LogP contribution in [0.15, 0.2) is 48.0 Å². The number of nitrogens with zero attached hydrogens (tertiary/aromatic N) is 1. The fourth-order valence-electron chi connectivity index (χ4n) is 3.33. The lowest BCUT2D eigenvalue weighted by Crippen LogP contribution is -2.25. The molecule has 0 unspecified atom stereocenters. The molecule has 0 heterocycles. The first-order chi connectivity index (χ1) is 13.8. The summed E-state index contributed by atoms with van der Waals surface area (Å²) in [6.07, 6.45) is 0.227. The average molecular weight is 395 g/mol. The summed E-state index contributed by atoms with van der Waals surface area (Å²) in [7, 11) is 0. The van der Waals surface area contributed by atoms with Crippen LogP contribution in [0.25, 0.3) is 5.76 Å². The number of hydrogen-bond donors (Lipinski definition) is 1. The summed E-state index contributed by atoms with van der Waals surface area (Å²) in [4.78, 5) is 35.6. The monoisotopic (exact) mass is 395 g/mol. The molecule has 2 aromatic rings. The predicted octanol–water partition coefficient (Wildman–Crippen LogP) is 4.32. The average Bonchev–Trinajstić information content (AvgIpc) is 2.66. The third kappa shape index (κ3) is 4.34. The van der Waals surface area contributed by atoms with Crippen molar-refractivity contribution in [3.8, 4) is 5.75 Å². The Morgan fingerprint density at radius 3 is 2.34 bits per heavy atom. The number of nitro groups is 1. The molecule has 1 N–H and O–H groups in total. The molecule has 1 fully saturated rings. The summed E-state index contributed by atoms with van der Waals surface area (Å²) in [5.74, 6) is -1.85. The molecule has 29 heavy (non-hydrogen) atoms. The Bertz CT molecular complexity index is 986. The van der Waals surface area contributed by atoms with E-state index in [1.165, 1.54) is 18.2 Å². The normalized spacial score (nSPS) is 16.6. The van der Waals surface area contributed by atoms with Crippen molar-refractivity contribution in [2.45, 2.75) is 33.3 Å². The zero-order valence-corrected chi connectivity index (χ0v) is 16.2. The SMILES string of the molecule is Cc1ccc(COc2cccc(C(O)=C3C(=O)CC(C)CC3=O)c2[N+](=O)[O-])cc1. The van der Waals surface area contributed by atoms with Gasteiger partial charge in [0.25, 0.3) is 0 Å². The number of allylic oxidation sites excluding steroid dienone is 1. The van der Waals surface area contributed by atoms with E-state index in [9.17, 15) is 24.8 Å². The van der Waals surface area contributed by atoms with Crippen LogP contribution in [-0.4, -0.2) is 21.6 Å². The maximum absolute atomic E-state index is 12.3. The van der Waals surface area contributed by atoms with Crippen LogP contribution in [0.2, 0.25) is 0 Å². The van der Waals surface area contributed by atoms with Gasteiger partial charge in [0.15, 0.2) is 17.3 Å². The van der Waals surface area contributed by atoms with Crippen molar-refractivity contribution in [1.82, 2.24) is 0 Å². The lowest BCUT2D eigenvalue weighted by molar-refractivity contribution is -0.386. The Morgan fingerprint density at radius 1 is 1.14 bits per heavy atom. The van der Waals surface area contributed by atoms with Crippen molar-refractivity contribution in [3.05, 3.63) is 74.8 Å². The molecule has 0 aliphatic heterocycles. The largest absolute Gasteiger partial charge is 0.506 e. The fourth-order valence-corrected chi connectivity index (χ4v) is 3.33. The van der Waals surface area contributed by atoms with Crippen LogP contribution in [0.1, 0.15) is 36.5 Å². The Morgan fingerprint density at radius 2 is 1.76 bits per heavy atom. The van der Waals surface area contributed by atoms with Gasteiger partial charge < -0.3 is 9.84 Å². The minimum atomic E-state index is -0.684. The van der Waals surface area contributed by atoms with Gasteiger partial charge in [-0.1, -0.05) is 42.8 Å². The maximum Gasteiger partial charge on any atom is 0.321 e. The first-order valence-corrected chi connectivity index (χ1v) is 9.23. The molecule has 7 nitrogen and oxygen atoms in total. The van der Waals surface area contributed by atoms with E-state index >= 15 is 0 Å². The number of benzene rings is 2. The number of aryl methyl sites for hydroxylation is 1. The summed E-state index contributed by atoms with van der Waals surface area (Å²) < 4.78 is 5.63. The zero-order chi connectivity index (χ0) is 21.1. The van der Waals surface area contributed by atoms with Gasteiger partial charge in [0.2, 0.25) is 0 Å². The standard InChI is InChI=1S/C22H21NO6/c1-13-6-8-15(9-7-13)12-29-19-5-3-4-16(21(19)23(27)28)22(26)20-17(24)10-14(2)11-18(20)25/h3-9,14,26H,10-12H2,1-2H3. The van der Waals surface area contributed by atoms with Crippen molar-refractivity contribution in [3.63, 3.8) is 0 Å². The summed E-state index contributed by atoms with van der Waals surface area (Å²) in [6, 6.07) is 11.7. The van der Waals surface area contributed by atoms with E-state index in [1.54, 1.807) is 6.92 Å². The molecule has 1 saturated carbocycles. The topological polar surface area (TPSA) is 107 Å². The molecule has 0 saturated heterocycles. The molecule has 0 radical (unpaired) electrons. The van der Waals surface area contributed by atoms with Gasteiger partial charge in [-0.3, -0.25) is 19.7 Å². The van der Waals surface area contributed by atoms with Crippen LogP contribution in [0.3, 0.4) is 0 Å². The Kier molecular flexibility index (Phi) is 5.77. The lowest BCUT2D eigenvalue weighted by Gasteiger charge is -2.19. The number of Topliss-reactive ketones (excluding diaryl/α,β-unsaturated/α-hetero) is 2. The molecule has 1 aliphatic rings. The Labute approximate surface area is 167 Å². The summed E-state index contributed by atoms with van der Waals surface area (Å²) in [6.45, 7) is 3.81. The number of ketones is 2. The van der Waals surface area contributed by atoms with Gasteiger partial charge in [0.1, 0.15) is 17.9 Å². The highest BCUT2D eigenvalue weighted by Gasteiger charge is 2.34. The molecular formula is C22H21NO6. The summed E-state index contributed by atoms with van der Waals surface area (Å²) in [5, 5.41) is 22.3. The van der Waals surface area contributed by atoms with Crippen molar-refractivity contribution < 1.29 is 24.4 Å². The third-order valence-electron chi connectivity index (χ3n) is 4.81. The number of para-hydroxylation sites is 1. The van der Waals surface area contributed by atoms with E-state index < -0.39 is 27.9 Å². The molecule has 0 aromatic heterocycles. The molecule has 0 bridgehead atoms. The lowest BCUT2D eigenvalue weighted by atomic mass is 9.83. The second kappa shape index (κ2) is 8.26. The van der Waals surface area contributed by atoms with Gasteiger partial charge in [0, 0.05) is 12.8 Å². The highest BCUT2D eigenvalue weighted by atomic mass is 16.6. The van der Waals surface area contributed by atoms with E-state index in [-0.39, 0.29) is 42.3 Å². The molecule has 0 spiro atoms. The van der Waals surface area contributed by atoms with Crippen LogP contribution in [-0.2, 0) is 16.2 Å². The van der Waals surface area contributed by atoms with Crippen molar-refractivity contribution in [1.29, 1.82) is 0 Å². The molecule has 2 aromatic carbocycles. The van der Waals surface area contributed by atoms with Gasteiger partial charge in [-0.25, -0.2) is 0 Å². The predicted molar refractivity (Wildman–Crippen MR) is 107 cm³/mol. The minimum Gasteiger partial charge on any atom is -0.506 e. The van der Waals surface area contributed by atoms with E-state index in [1.807, 2.05) is 31.2 Å². The highest BCUT2D eigenvalue weighted by Crippen LogP contribution is 2.37. The molecular weight excluding hydrogens is 374 g/mol. The quantitative estimate of drug-likeness (QED) is 0.266. The second-order valence-corrected chi connectivity index (χ2v) is 7.27. The molecule has 3 rings (SSSR count). The van der Waals surface area contributed by atoms with Gasteiger partial charge >= 0.3 is 5.69 Å². The third-order valence-corrected chi connectivity index (χ3v) is 4.81. The van der Waals surface area contributed by atoms with Gasteiger partial charge in [-0.15, -0.1) is 0 Å². The first kappa shape index (κ1) is 20.3. The number of hydrogen-bond acceptors (Lipinski definition) is 6. The van der Waals surface area contributed by atoms with E-state index in [0.29, 0.717) is 0 Å². The zero-order valence-electron chi connectivity index (χ0n) is 16.2.